The minimum Gasteiger partial charge on any atom is -0.322 e. The summed E-state index contributed by atoms with van der Waals surface area (Å²) in [4.78, 5) is 12.6. The summed E-state index contributed by atoms with van der Waals surface area (Å²) in [5.41, 5.74) is 5.40. The summed E-state index contributed by atoms with van der Waals surface area (Å²) in [5, 5.41) is 7.29. The fraction of sp³-hybridized carbons (Fsp3) is 0.444. The molecule has 0 saturated heterocycles. The lowest BCUT2D eigenvalue weighted by molar-refractivity contribution is 0.102. The van der Waals surface area contributed by atoms with Gasteiger partial charge in [0.05, 0.1) is 17.5 Å². The number of rotatable bonds is 3. The van der Waals surface area contributed by atoms with Gasteiger partial charge in [-0.05, 0) is 41.9 Å². The van der Waals surface area contributed by atoms with Gasteiger partial charge in [0.25, 0.3) is 5.91 Å². The van der Waals surface area contributed by atoms with Crippen molar-refractivity contribution in [2.45, 2.75) is 45.4 Å². The molecule has 0 radical (unpaired) electrons. The van der Waals surface area contributed by atoms with Crippen LogP contribution in [0.25, 0.3) is 0 Å². The van der Waals surface area contributed by atoms with Gasteiger partial charge in [-0.15, -0.1) is 0 Å². The maximum atomic E-state index is 12.6. The lowest BCUT2D eigenvalue weighted by Gasteiger charge is -2.19. The Morgan fingerprint density at radius 1 is 1.41 bits per heavy atom. The molecule has 116 valence electrons. The summed E-state index contributed by atoms with van der Waals surface area (Å²) in [6.07, 6.45) is 4.59. The number of carbonyl (C=O) groups is 1. The highest BCUT2D eigenvalue weighted by Gasteiger charge is 2.31. The normalized spacial score (nSPS) is 15.6. The molecule has 0 unspecified atom stereocenters. The number of hydrogen-bond acceptors (Lipinski definition) is 2. The van der Waals surface area contributed by atoms with Gasteiger partial charge in [-0.2, -0.15) is 5.10 Å². The van der Waals surface area contributed by atoms with Gasteiger partial charge in [0.1, 0.15) is 0 Å². The van der Waals surface area contributed by atoms with Gasteiger partial charge in [0.15, 0.2) is 0 Å². The zero-order valence-electron chi connectivity index (χ0n) is 13.7. The molecule has 22 heavy (non-hydrogen) atoms. The Morgan fingerprint density at radius 3 is 2.91 bits per heavy atom. The predicted octanol–water partition coefficient (Wildman–Crippen LogP) is 3.46. The van der Waals surface area contributed by atoms with Crippen LogP contribution in [-0.2, 0) is 25.3 Å². The van der Waals surface area contributed by atoms with E-state index in [4.69, 9.17) is 0 Å². The summed E-state index contributed by atoms with van der Waals surface area (Å²) < 4.78 is 1.77. The molecule has 0 bridgehead atoms. The highest BCUT2D eigenvalue weighted by atomic mass is 16.1. The number of nitrogens with one attached hydrogen (secondary N) is 1. The van der Waals surface area contributed by atoms with Gasteiger partial charge >= 0.3 is 0 Å². The molecular weight excluding hydrogens is 274 g/mol. The van der Waals surface area contributed by atoms with Crippen LogP contribution in [0.5, 0.6) is 0 Å². The first-order valence-corrected chi connectivity index (χ1v) is 7.88. The molecule has 2 aromatic rings. The lowest BCUT2D eigenvalue weighted by Crippen LogP contribution is -2.16. The molecule has 1 amide bonds. The van der Waals surface area contributed by atoms with Crippen LogP contribution in [0.1, 0.15) is 54.4 Å². The average molecular weight is 297 g/mol. The number of fused-ring (bicyclic) bond motifs is 1. The fourth-order valence-electron chi connectivity index (χ4n) is 3.44. The van der Waals surface area contributed by atoms with Gasteiger partial charge < -0.3 is 5.32 Å². The van der Waals surface area contributed by atoms with Crippen molar-refractivity contribution in [2.24, 2.45) is 7.05 Å². The smallest absolute Gasteiger partial charge is 0.259 e. The number of hydrogen-bond donors (Lipinski definition) is 1. The van der Waals surface area contributed by atoms with Crippen molar-refractivity contribution in [3.63, 3.8) is 0 Å². The van der Waals surface area contributed by atoms with E-state index in [1.165, 1.54) is 11.1 Å². The average Bonchev–Trinajstić information content (AvgIpc) is 3.00. The third kappa shape index (κ3) is 2.32. The Hall–Kier alpha value is -2.10. The molecule has 0 saturated carbocycles. The van der Waals surface area contributed by atoms with E-state index in [0.29, 0.717) is 5.56 Å². The largest absolute Gasteiger partial charge is 0.322 e. The second-order valence-corrected chi connectivity index (χ2v) is 6.65. The van der Waals surface area contributed by atoms with Crippen molar-refractivity contribution < 1.29 is 4.79 Å². The molecule has 1 aliphatic rings. The maximum Gasteiger partial charge on any atom is 0.259 e. The van der Waals surface area contributed by atoms with Crippen LogP contribution in [0.3, 0.4) is 0 Å². The van der Waals surface area contributed by atoms with Gasteiger partial charge in [0, 0.05) is 12.7 Å². The first-order valence-electron chi connectivity index (χ1n) is 7.88. The minimum atomic E-state index is -0.0666. The van der Waals surface area contributed by atoms with E-state index in [1.54, 1.807) is 10.9 Å². The summed E-state index contributed by atoms with van der Waals surface area (Å²) in [5.74, 6) is -0.0666. The molecule has 1 heterocycles. The molecule has 1 aliphatic carbocycles. The van der Waals surface area contributed by atoms with Crippen LogP contribution >= 0.6 is 0 Å². The quantitative estimate of drug-likeness (QED) is 0.943. The Balaban J connectivity index is 1.92. The van der Waals surface area contributed by atoms with E-state index in [2.05, 4.69) is 30.3 Å². The molecule has 1 aromatic carbocycles. The number of nitrogens with zero attached hydrogens (tertiary/aromatic N) is 2. The Morgan fingerprint density at radius 2 is 2.18 bits per heavy atom. The van der Waals surface area contributed by atoms with E-state index in [9.17, 15) is 4.79 Å². The summed E-state index contributed by atoms with van der Waals surface area (Å²) in [6, 6.07) is 6.21. The topological polar surface area (TPSA) is 46.9 Å². The van der Waals surface area contributed by atoms with Crippen molar-refractivity contribution in [3.8, 4) is 0 Å². The van der Waals surface area contributed by atoms with E-state index in [0.717, 1.165) is 30.6 Å². The monoisotopic (exact) mass is 297 g/mol. The zero-order chi connectivity index (χ0) is 15.9. The summed E-state index contributed by atoms with van der Waals surface area (Å²) in [6.45, 7) is 6.57. The number of anilines is 1. The van der Waals surface area contributed by atoms with Crippen LogP contribution in [0.15, 0.2) is 24.4 Å². The van der Waals surface area contributed by atoms with Crippen LogP contribution in [-0.4, -0.2) is 15.7 Å². The van der Waals surface area contributed by atoms with Crippen molar-refractivity contribution in [1.29, 1.82) is 0 Å². The first kappa shape index (κ1) is 14.8. The molecule has 1 aromatic heterocycles. The molecule has 0 atom stereocenters. The Bertz CT molecular complexity index is 728. The molecule has 4 nitrogen and oxygen atoms in total. The predicted molar refractivity (Wildman–Crippen MR) is 88.3 cm³/mol. The van der Waals surface area contributed by atoms with Crippen LogP contribution in [0.2, 0.25) is 0 Å². The molecule has 4 heteroatoms. The fourth-order valence-corrected chi connectivity index (χ4v) is 3.44. The van der Waals surface area contributed by atoms with E-state index in [1.807, 2.05) is 26.1 Å². The zero-order valence-corrected chi connectivity index (χ0v) is 13.7. The standard InChI is InChI=1S/C18H23N3O/c1-5-16-13(11-19-21(16)4)17(22)20-15-8-6-7-14-12(15)9-10-18(14,2)3/h6-8,11H,5,9-10H2,1-4H3,(H,20,22). The number of benzene rings is 1. The molecule has 0 aliphatic heterocycles. The van der Waals surface area contributed by atoms with E-state index < -0.39 is 0 Å². The van der Waals surface area contributed by atoms with Gasteiger partial charge in [-0.25, -0.2) is 0 Å². The highest BCUT2D eigenvalue weighted by molar-refractivity contribution is 6.05. The first-order chi connectivity index (χ1) is 10.4. The van der Waals surface area contributed by atoms with E-state index in [-0.39, 0.29) is 11.3 Å². The minimum absolute atomic E-state index is 0.0666. The van der Waals surface area contributed by atoms with Gasteiger partial charge in [-0.3, -0.25) is 9.48 Å². The number of amides is 1. The van der Waals surface area contributed by atoms with Gasteiger partial charge in [-0.1, -0.05) is 32.9 Å². The van der Waals surface area contributed by atoms with Crippen LogP contribution < -0.4 is 5.32 Å². The molecule has 1 N–H and O–H groups in total. The SMILES string of the molecule is CCc1c(C(=O)Nc2cccc3c2CCC3(C)C)cnn1C. The van der Waals surface area contributed by atoms with Crippen LogP contribution in [0, 0.1) is 0 Å². The second kappa shape index (κ2) is 5.27. The van der Waals surface area contributed by atoms with Crippen molar-refractivity contribution in [2.75, 3.05) is 5.32 Å². The summed E-state index contributed by atoms with van der Waals surface area (Å²) in [7, 11) is 1.87. The highest BCUT2D eigenvalue weighted by Crippen LogP contribution is 2.41. The molecule has 3 rings (SSSR count). The lowest BCUT2D eigenvalue weighted by atomic mass is 9.86. The maximum absolute atomic E-state index is 12.6. The van der Waals surface area contributed by atoms with Crippen molar-refractivity contribution >= 4 is 11.6 Å². The molecule has 0 spiro atoms. The Labute approximate surface area is 131 Å². The van der Waals surface area contributed by atoms with Crippen LogP contribution in [0.4, 0.5) is 5.69 Å². The summed E-state index contributed by atoms with van der Waals surface area (Å²) >= 11 is 0. The number of aromatic nitrogens is 2. The molecule has 0 fully saturated rings. The number of carbonyl (C=O) groups excluding carboxylic acids is 1. The Kier molecular flexibility index (Phi) is 3.55. The second-order valence-electron chi connectivity index (χ2n) is 6.65. The van der Waals surface area contributed by atoms with Crippen molar-refractivity contribution in [1.82, 2.24) is 9.78 Å². The van der Waals surface area contributed by atoms with Gasteiger partial charge in [0.2, 0.25) is 0 Å². The molecular formula is C18H23N3O. The third-order valence-corrected chi connectivity index (χ3v) is 4.79. The number of aryl methyl sites for hydroxylation is 1. The third-order valence-electron chi connectivity index (χ3n) is 4.79. The van der Waals surface area contributed by atoms with E-state index >= 15 is 0 Å². The van der Waals surface area contributed by atoms with Crippen molar-refractivity contribution in [3.05, 3.63) is 46.8 Å².